The Morgan fingerprint density at radius 1 is 1.26 bits per heavy atom. The van der Waals surface area contributed by atoms with E-state index in [9.17, 15) is 0 Å². The number of pyridine rings is 1. The highest BCUT2D eigenvalue weighted by Gasteiger charge is 2.20. The molecular formula is C23H30ClN5O2. The Labute approximate surface area is 188 Å². The van der Waals surface area contributed by atoms with Crippen molar-refractivity contribution in [3.05, 3.63) is 41.7 Å². The molecule has 7 nitrogen and oxygen atoms in total. The second-order valence-electron chi connectivity index (χ2n) is 8.26. The Kier molecular flexibility index (Phi) is 6.55. The minimum absolute atomic E-state index is 0.236. The maximum atomic E-state index is 6.44. The van der Waals surface area contributed by atoms with Crippen LogP contribution < -0.4 is 20.1 Å². The molecule has 8 heteroatoms. The highest BCUT2D eigenvalue weighted by molar-refractivity contribution is 6.32. The van der Waals surface area contributed by atoms with E-state index in [0.29, 0.717) is 23.1 Å². The van der Waals surface area contributed by atoms with Gasteiger partial charge in [-0.25, -0.2) is 4.98 Å². The number of imidazole rings is 1. The summed E-state index contributed by atoms with van der Waals surface area (Å²) in [6, 6.07) is 8.15. The second-order valence-corrected chi connectivity index (χ2v) is 8.67. The first kappa shape index (κ1) is 21.7. The number of methoxy groups -OCH3 is 1. The third-order valence-corrected chi connectivity index (χ3v) is 5.87. The Morgan fingerprint density at radius 2 is 2.10 bits per heavy atom. The van der Waals surface area contributed by atoms with Gasteiger partial charge in [0.05, 0.1) is 24.4 Å². The molecule has 2 aromatic heterocycles. The molecule has 1 aliphatic heterocycles. The van der Waals surface area contributed by atoms with E-state index >= 15 is 0 Å². The molecule has 1 atom stereocenters. The molecule has 3 aromatic rings. The lowest BCUT2D eigenvalue weighted by atomic mass is 10.1. The van der Waals surface area contributed by atoms with Crippen LogP contribution in [0, 0.1) is 0 Å². The van der Waals surface area contributed by atoms with Crippen LogP contribution in [0.3, 0.4) is 0 Å². The van der Waals surface area contributed by atoms with Gasteiger partial charge < -0.3 is 29.4 Å². The highest BCUT2D eigenvalue weighted by atomic mass is 35.5. The molecule has 1 aromatic carbocycles. The molecule has 2 N–H and O–H groups in total. The van der Waals surface area contributed by atoms with Crippen LogP contribution in [-0.4, -0.2) is 67.8 Å². The summed E-state index contributed by atoms with van der Waals surface area (Å²) in [6.07, 6.45) is 5.97. The molecule has 31 heavy (non-hydrogen) atoms. The van der Waals surface area contributed by atoms with Gasteiger partial charge in [0.15, 0.2) is 0 Å². The summed E-state index contributed by atoms with van der Waals surface area (Å²) in [5.41, 5.74) is 9.75. The zero-order valence-electron chi connectivity index (χ0n) is 18.3. The van der Waals surface area contributed by atoms with Crippen LogP contribution in [0.4, 0.5) is 5.69 Å². The predicted molar refractivity (Wildman–Crippen MR) is 126 cm³/mol. The molecule has 4 rings (SSSR count). The maximum Gasteiger partial charge on any atom is 0.141 e. The van der Waals surface area contributed by atoms with E-state index in [-0.39, 0.29) is 6.04 Å². The van der Waals surface area contributed by atoms with Crippen LogP contribution in [0.15, 0.2) is 36.7 Å². The van der Waals surface area contributed by atoms with Crippen LogP contribution in [0.25, 0.3) is 16.9 Å². The number of nitrogens with zero attached hydrogens (tertiary/aromatic N) is 4. The molecule has 0 saturated carbocycles. The SMILES string of the molecule is COc1cc(OCCCN(C)C)c(-c2cn3ccc(N4CC[C@H](N)C4)cc3n2)cc1Cl. The summed E-state index contributed by atoms with van der Waals surface area (Å²) in [5, 5.41) is 0.530. The highest BCUT2D eigenvalue weighted by Crippen LogP contribution is 2.38. The van der Waals surface area contributed by atoms with Crippen LogP contribution in [0.1, 0.15) is 12.8 Å². The molecule has 3 heterocycles. The van der Waals surface area contributed by atoms with Gasteiger partial charge in [-0.1, -0.05) is 11.6 Å². The van der Waals surface area contributed by atoms with Crippen molar-refractivity contribution in [1.82, 2.24) is 14.3 Å². The summed E-state index contributed by atoms with van der Waals surface area (Å²) in [4.78, 5) is 9.31. The van der Waals surface area contributed by atoms with Crippen LogP contribution in [-0.2, 0) is 0 Å². The number of fused-ring (bicyclic) bond motifs is 1. The molecule has 0 radical (unpaired) electrons. The molecule has 0 bridgehead atoms. The number of ether oxygens (including phenoxy) is 2. The summed E-state index contributed by atoms with van der Waals surface area (Å²) < 4.78 is 13.5. The van der Waals surface area contributed by atoms with Crippen molar-refractivity contribution >= 4 is 22.9 Å². The summed E-state index contributed by atoms with van der Waals surface area (Å²) in [5.74, 6) is 1.30. The van der Waals surface area contributed by atoms with Gasteiger partial charge >= 0.3 is 0 Å². The third-order valence-electron chi connectivity index (χ3n) is 5.57. The number of nitrogens with two attached hydrogens (primary N) is 1. The Morgan fingerprint density at radius 3 is 2.81 bits per heavy atom. The molecule has 1 fully saturated rings. The monoisotopic (exact) mass is 443 g/mol. The average Bonchev–Trinajstić information content (AvgIpc) is 3.37. The van der Waals surface area contributed by atoms with Gasteiger partial charge in [0.2, 0.25) is 0 Å². The molecular weight excluding hydrogens is 414 g/mol. The van der Waals surface area contributed by atoms with E-state index in [1.54, 1.807) is 7.11 Å². The minimum Gasteiger partial charge on any atom is -0.495 e. The van der Waals surface area contributed by atoms with Crippen molar-refractivity contribution in [2.24, 2.45) is 5.73 Å². The van der Waals surface area contributed by atoms with Gasteiger partial charge in [-0.3, -0.25) is 0 Å². The Hall–Kier alpha value is -2.48. The zero-order chi connectivity index (χ0) is 22.0. The Balaban J connectivity index is 1.64. The lowest BCUT2D eigenvalue weighted by molar-refractivity contribution is 0.281. The lowest BCUT2D eigenvalue weighted by Crippen LogP contribution is -2.26. The summed E-state index contributed by atoms with van der Waals surface area (Å²) in [7, 11) is 5.71. The van der Waals surface area contributed by atoms with Crippen LogP contribution in [0.5, 0.6) is 11.5 Å². The number of halogens is 1. The lowest BCUT2D eigenvalue weighted by Gasteiger charge is -2.17. The van der Waals surface area contributed by atoms with Gasteiger partial charge in [0, 0.05) is 61.5 Å². The zero-order valence-corrected chi connectivity index (χ0v) is 19.1. The van der Waals surface area contributed by atoms with Gasteiger partial charge in [0.25, 0.3) is 0 Å². The summed E-state index contributed by atoms with van der Waals surface area (Å²) in [6.45, 7) is 3.41. The van der Waals surface area contributed by atoms with Gasteiger partial charge in [0.1, 0.15) is 17.1 Å². The first-order valence-corrected chi connectivity index (χ1v) is 11.0. The summed E-state index contributed by atoms with van der Waals surface area (Å²) >= 11 is 6.44. The fourth-order valence-corrected chi connectivity index (χ4v) is 4.13. The molecule has 1 aliphatic rings. The Bertz CT molecular complexity index is 1050. The van der Waals surface area contributed by atoms with Crippen molar-refractivity contribution in [3.63, 3.8) is 0 Å². The van der Waals surface area contributed by atoms with E-state index < -0.39 is 0 Å². The standard InChI is InChI=1S/C23H30ClN5O2/c1-27(2)7-4-10-31-21-13-22(30-3)19(24)12-18(21)20-15-29-9-6-17(11-23(29)26-20)28-8-5-16(25)14-28/h6,9,11-13,15-16H,4-5,7-8,10,14,25H2,1-3H3/t16-/m0/s1. The average molecular weight is 444 g/mol. The van der Waals surface area contributed by atoms with Crippen molar-refractivity contribution in [2.75, 3.05) is 52.3 Å². The number of aromatic nitrogens is 2. The number of rotatable bonds is 8. The first-order chi connectivity index (χ1) is 14.9. The third kappa shape index (κ3) is 4.89. The van der Waals surface area contributed by atoms with Crippen molar-refractivity contribution < 1.29 is 9.47 Å². The predicted octanol–water partition coefficient (Wildman–Crippen LogP) is 3.53. The number of benzene rings is 1. The molecule has 1 saturated heterocycles. The maximum absolute atomic E-state index is 6.44. The number of hydrogen-bond acceptors (Lipinski definition) is 6. The minimum atomic E-state index is 0.236. The molecule has 0 spiro atoms. The van der Waals surface area contributed by atoms with E-state index in [1.807, 2.05) is 28.9 Å². The fraction of sp³-hybridized carbons (Fsp3) is 0.435. The van der Waals surface area contributed by atoms with E-state index in [0.717, 1.165) is 55.1 Å². The number of anilines is 1. The van der Waals surface area contributed by atoms with E-state index in [1.165, 1.54) is 0 Å². The van der Waals surface area contributed by atoms with Crippen molar-refractivity contribution in [1.29, 1.82) is 0 Å². The van der Waals surface area contributed by atoms with Crippen LogP contribution >= 0.6 is 11.6 Å². The smallest absolute Gasteiger partial charge is 0.141 e. The van der Waals surface area contributed by atoms with Gasteiger partial charge in [-0.15, -0.1) is 0 Å². The van der Waals surface area contributed by atoms with E-state index in [2.05, 4.69) is 36.0 Å². The van der Waals surface area contributed by atoms with E-state index in [4.69, 9.17) is 31.8 Å². The molecule has 0 unspecified atom stereocenters. The quantitative estimate of drug-likeness (QED) is 0.537. The van der Waals surface area contributed by atoms with Crippen molar-refractivity contribution in [2.45, 2.75) is 18.9 Å². The molecule has 166 valence electrons. The fourth-order valence-electron chi connectivity index (χ4n) is 3.89. The second kappa shape index (κ2) is 9.34. The normalized spacial score (nSPS) is 16.5. The van der Waals surface area contributed by atoms with Gasteiger partial charge in [-0.2, -0.15) is 0 Å². The van der Waals surface area contributed by atoms with Crippen LogP contribution in [0.2, 0.25) is 5.02 Å². The van der Waals surface area contributed by atoms with Crippen molar-refractivity contribution in [3.8, 4) is 22.8 Å². The first-order valence-electron chi connectivity index (χ1n) is 10.6. The van der Waals surface area contributed by atoms with Gasteiger partial charge in [-0.05, 0) is 39.1 Å². The molecule has 0 amide bonds. The number of hydrogen-bond donors (Lipinski definition) is 1. The topological polar surface area (TPSA) is 68.3 Å². The largest absolute Gasteiger partial charge is 0.495 e. The molecule has 0 aliphatic carbocycles.